The second kappa shape index (κ2) is 9.12. The minimum atomic E-state index is 0.859. The molecule has 0 saturated heterocycles. The van der Waals surface area contributed by atoms with Crippen LogP contribution in [0.1, 0.15) is 0 Å². The summed E-state index contributed by atoms with van der Waals surface area (Å²) in [5.41, 5.74) is 9.84. The summed E-state index contributed by atoms with van der Waals surface area (Å²) in [4.78, 5) is 0. The Labute approximate surface area is 267 Å². The smallest absolute Gasteiger partial charge is 0.136 e. The summed E-state index contributed by atoms with van der Waals surface area (Å²) in [5, 5.41) is 11.4. The normalized spacial score (nSPS) is 12.3. The Hall–Kier alpha value is -6.32. The van der Waals surface area contributed by atoms with Crippen LogP contribution in [0.3, 0.4) is 0 Å². The Balaban J connectivity index is 1.16. The first-order valence-corrected chi connectivity index (χ1v) is 15.9. The monoisotopic (exact) mass is 600 g/mol. The van der Waals surface area contributed by atoms with E-state index < -0.39 is 0 Å². The van der Waals surface area contributed by atoms with Gasteiger partial charge in [0.05, 0.1) is 0 Å². The molecule has 0 spiro atoms. The van der Waals surface area contributed by atoms with Gasteiger partial charge in [0.2, 0.25) is 0 Å². The maximum Gasteiger partial charge on any atom is 0.136 e. The third-order valence-corrected chi connectivity index (χ3v) is 9.89. The highest BCUT2D eigenvalue weighted by molar-refractivity contribution is 6.26. The van der Waals surface area contributed by atoms with Crippen molar-refractivity contribution in [1.29, 1.82) is 0 Å². The molecule has 0 aliphatic carbocycles. The molecule has 3 heterocycles. The predicted molar refractivity (Wildman–Crippen MR) is 194 cm³/mol. The van der Waals surface area contributed by atoms with Crippen molar-refractivity contribution in [1.82, 2.24) is 0 Å². The molecule has 0 aliphatic rings. The second-order valence-corrected chi connectivity index (χ2v) is 12.4. The highest BCUT2D eigenvalue weighted by Crippen LogP contribution is 2.43. The molecule has 0 fully saturated rings. The van der Waals surface area contributed by atoms with Crippen molar-refractivity contribution in [2.24, 2.45) is 0 Å². The molecule has 0 N–H and O–H groups in total. The molecule has 47 heavy (non-hydrogen) atoms. The SMILES string of the molecule is c1ccc2c(c1)oc1cc(-c3ccc4oc5ccc(-c6ccc7c(c6)oc6ccccc67)c6cccc(c7cccc3c47)c56)ccc12. The van der Waals surface area contributed by atoms with Crippen molar-refractivity contribution in [3.63, 3.8) is 0 Å². The van der Waals surface area contributed by atoms with Crippen LogP contribution < -0.4 is 0 Å². The lowest BCUT2D eigenvalue weighted by molar-refractivity contribution is 0.664. The summed E-state index contributed by atoms with van der Waals surface area (Å²) in [5.74, 6) is 0. The summed E-state index contributed by atoms with van der Waals surface area (Å²) >= 11 is 0. The number of benzene rings is 8. The predicted octanol–water partition coefficient (Wildman–Crippen LogP) is 13.0. The Morgan fingerprint density at radius 3 is 1.17 bits per heavy atom. The van der Waals surface area contributed by atoms with Crippen molar-refractivity contribution in [2.45, 2.75) is 0 Å². The van der Waals surface area contributed by atoms with Crippen LogP contribution in [0, 0.1) is 0 Å². The van der Waals surface area contributed by atoms with Crippen molar-refractivity contribution >= 4 is 87.4 Å². The molecule has 0 atom stereocenters. The topological polar surface area (TPSA) is 39.4 Å². The molecule has 218 valence electrons. The Bertz CT molecular complexity index is 2870. The van der Waals surface area contributed by atoms with Gasteiger partial charge in [-0.2, -0.15) is 0 Å². The number of hydrogen-bond donors (Lipinski definition) is 0. The minimum Gasteiger partial charge on any atom is -0.456 e. The van der Waals surface area contributed by atoms with Crippen LogP contribution in [0.25, 0.3) is 110 Å². The Morgan fingerprint density at radius 2 is 0.660 bits per heavy atom. The van der Waals surface area contributed by atoms with Gasteiger partial charge in [0.25, 0.3) is 0 Å². The van der Waals surface area contributed by atoms with E-state index >= 15 is 0 Å². The first kappa shape index (κ1) is 24.9. The molecule has 3 aromatic heterocycles. The van der Waals surface area contributed by atoms with E-state index in [0.29, 0.717) is 0 Å². The number of hydrogen-bond acceptors (Lipinski definition) is 3. The van der Waals surface area contributed by atoms with Gasteiger partial charge < -0.3 is 13.3 Å². The summed E-state index contributed by atoms with van der Waals surface area (Å²) in [6, 6.07) is 51.3. The number of furan rings is 2. The van der Waals surface area contributed by atoms with Crippen LogP contribution in [0.15, 0.2) is 159 Å². The Kier molecular flexibility index (Phi) is 4.84. The van der Waals surface area contributed by atoms with E-state index in [1.165, 1.54) is 10.8 Å². The molecule has 0 radical (unpaired) electrons. The molecule has 0 aliphatic heterocycles. The summed E-state index contributed by atoms with van der Waals surface area (Å²) in [6.45, 7) is 0. The zero-order chi connectivity index (χ0) is 30.6. The molecular weight excluding hydrogens is 576 g/mol. The van der Waals surface area contributed by atoms with E-state index in [4.69, 9.17) is 13.3 Å². The van der Waals surface area contributed by atoms with E-state index in [9.17, 15) is 0 Å². The average Bonchev–Trinajstić information content (AvgIpc) is 3.64. The fourth-order valence-corrected chi connectivity index (χ4v) is 7.78. The van der Waals surface area contributed by atoms with Gasteiger partial charge in [0.1, 0.15) is 33.5 Å². The van der Waals surface area contributed by atoms with Gasteiger partial charge in [0, 0.05) is 32.3 Å². The van der Waals surface area contributed by atoms with Crippen LogP contribution in [0.2, 0.25) is 0 Å². The molecule has 11 rings (SSSR count). The molecule has 11 aromatic rings. The van der Waals surface area contributed by atoms with Gasteiger partial charge in [-0.05, 0) is 92.3 Å². The molecule has 0 saturated carbocycles. The van der Waals surface area contributed by atoms with Crippen molar-refractivity contribution in [3.8, 4) is 22.3 Å². The van der Waals surface area contributed by atoms with E-state index in [2.05, 4.69) is 121 Å². The lowest BCUT2D eigenvalue weighted by atomic mass is 9.92. The molecule has 0 unspecified atom stereocenters. The van der Waals surface area contributed by atoms with Crippen LogP contribution >= 0.6 is 0 Å². The molecule has 0 bridgehead atoms. The fourth-order valence-electron chi connectivity index (χ4n) is 7.78. The maximum atomic E-state index is 6.81. The first-order valence-electron chi connectivity index (χ1n) is 15.9. The van der Waals surface area contributed by atoms with Gasteiger partial charge in [-0.15, -0.1) is 0 Å². The lowest BCUT2D eigenvalue weighted by Gasteiger charge is -2.10. The van der Waals surface area contributed by atoms with Crippen LogP contribution in [-0.2, 0) is 0 Å². The Morgan fingerprint density at radius 1 is 0.255 bits per heavy atom. The van der Waals surface area contributed by atoms with Gasteiger partial charge in [0.15, 0.2) is 0 Å². The summed E-state index contributed by atoms with van der Waals surface area (Å²) in [7, 11) is 0. The highest BCUT2D eigenvalue weighted by atomic mass is 16.3. The third-order valence-electron chi connectivity index (χ3n) is 9.89. The zero-order valence-electron chi connectivity index (χ0n) is 25.1. The van der Waals surface area contributed by atoms with Crippen molar-refractivity contribution in [3.05, 3.63) is 146 Å². The summed E-state index contributed by atoms with van der Waals surface area (Å²) < 4.78 is 19.3. The average molecular weight is 601 g/mol. The fraction of sp³-hybridized carbons (Fsp3) is 0. The quantitative estimate of drug-likeness (QED) is 0.198. The first-order chi connectivity index (χ1) is 23.3. The molecule has 3 nitrogen and oxygen atoms in total. The maximum absolute atomic E-state index is 6.81. The second-order valence-electron chi connectivity index (χ2n) is 12.4. The lowest BCUT2D eigenvalue weighted by Crippen LogP contribution is -1.84. The summed E-state index contributed by atoms with van der Waals surface area (Å²) in [6.07, 6.45) is 0. The van der Waals surface area contributed by atoms with Crippen LogP contribution in [0.5, 0.6) is 0 Å². The van der Waals surface area contributed by atoms with E-state index in [1.807, 2.05) is 24.3 Å². The van der Waals surface area contributed by atoms with Crippen molar-refractivity contribution < 1.29 is 13.3 Å². The van der Waals surface area contributed by atoms with E-state index in [-0.39, 0.29) is 0 Å². The van der Waals surface area contributed by atoms with Gasteiger partial charge in [-0.3, -0.25) is 0 Å². The van der Waals surface area contributed by atoms with Gasteiger partial charge in [-0.25, -0.2) is 0 Å². The molecule has 3 heteroatoms. The molecular formula is C44H24O3. The van der Waals surface area contributed by atoms with Crippen LogP contribution in [0.4, 0.5) is 0 Å². The van der Waals surface area contributed by atoms with Gasteiger partial charge in [-0.1, -0.05) is 97.1 Å². The molecule has 0 amide bonds. The largest absolute Gasteiger partial charge is 0.456 e. The van der Waals surface area contributed by atoms with Crippen LogP contribution in [-0.4, -0.2) is 0 Å². The highest BCUT2D eigenvalue weighted by Gasteiger charge is 2.17. The van der Waals surface area contributed by atoms with E-state index in [0.717, 1.165) is 98.8 Å². The van der Waals surface area contributed by atoms with Gasteiger partial charge >= 0.3 is 0 Å². The third kappa shape index (κ3) is 3.46. The number of rotatable bonds is 2. The number of para-hydroxylation sites is 2. The standard InChI is InChI=1S/C44H24O3/c1-3-13-37-29(7-1)31-17-15-25(23-41(31)45-37)27-19-21-39-43-33(27)9-5-11-35(43)36-12-6-10-34-28(20-22-40(47-39)44(34)36)26-16-18-32-30-8-2-4-14-38(30)46-42(32)24-26/h1-24H. The zero-order valence-corrected chi connectivity index (χ0v) is 25.1. The van der Waals surface area contributed by atoms with Crippen molar-refractivity contribution in [2.75, 3.05) is 0 Å². The van der Waals surface area contributed by atoms with E-state index in [1.54, 1.807) is 0 Å². The number of fused-ring (bicyclic) bond motifs is 7. The molecule has 8 aromatic carbocycles. The minimum absolute atomic E-state index is 0.859.